The monoisotopic (exact) mass is 235 g/mol. The van der Waals surface area contributed by atoms with Gasteiger partial charge in [0.05, 0.1) is 0 Å². The van der Waals surface area contributed by atoms with Crippen molar-refractivity contribution in [2.75, 3.05) is 19.3 Å². The normalized spacial score (nSPS) is 19.6. The molecule has 1 aliphatic rings. The summed E-state index contributed by atoms with van der Waals surface area (Å²) in [6, 6.07) is 8.87. The van der Waals surface area contributed by atoms with Crippen LogP contribution in [0.1, 0.15) is 31.2 Å². The second kappa shape index (κ2) is 5.74. The molecule has 16 heavy (non-hydrogen) atoms. The third-order valence-corrected chi connectivity index (χ3v) is 4.53. The Morgan fingerprint density at radius 3 is 2.62 bits per heavy atom. The minimum absolute atomic E-state index is 0.700. The lowest BCUT2D eigenvalue weighted by Crippen LogP contribution is -2.30. The van der Waals surface area contributed by atoms with E-state index in [0.29, 0.717) is 5.92 Å². The molecule has 1 aromatic carbocycles. The molecule has 1 N–H and O–H groups in total. The van der Waals surface area contributed by atoms with Crippen LogP contribution in [0.15, 0.2) is 29.2 Å². The molecule has 0 spiro atoms. The lowest BCUT2D eigenvalue weighted by molar-refractivity contribution is 0.328. The first-order valence-corrected chi connectivity index (χ1v) is 7.39. The highest BCUT2D eigenvalue weighted by Gasteiger charge is 2.22. The molecule has 2 heteroatoms. The maximum atomic E-state index is 3.44. The van der Waals surface area contributed by atoms with Crippen LogP contribution in [0.25, 0.3) is 0 Å². The fraction of sp³-hybridized carbons (Fsp3) is 0.571. The van der Waals surface area contributed by atoms with E-state index in [9.17, 15) is 0 Å². The van der Waals surface area contributed by atoms with Crippen LogP contribution in [0, 0.1) is 5.92 Å². The summed E-state index contributed by atoms with van der Waals surface area (Å²) in [7, 11) is 0. The van der Waals surface area contributed by atoms with E-state index in [1.807, 2.05) is 11.8 Å². The van der Waals surface area contributed by atoms with Gasteiger partial charge in [-0.15, -0.1) is 11.8 Å². The van der Waals surface area contributed by atoms with Crippen molar-refractivity contribution in [3.8, 4) is 0 Å². The highest BCUT2D eigenvalue weighted by atomic mass is 32.2. The Morgan fingerprint density at radius 2 is 1.94 bits per heavy atom. The van der Waals surface area contributed by atoms with Crippen LogP contribution in [0.2, 0.25) is 0 Å². The summed E-state index contributed by atoms with van der Waals surface area (Å²) < 4.78 is 0. The third-order valence-electron chi connectivity index (χ3n) is 3.72. The average molecular weight is 235 g/mol. The van der Waals surface area contributed by atoms with Gasteiger partial charge in [0, 0.05) is 4.90 Å². The van der Waals surface area contributed by atoms with Crippen LogP contribution in [-0.2, 0) is 0 Å². The molecule has 0 aliphatic carbocycles. The van der Waals surface area contributed by atoms with E-state index >= 15 is 0 Å². The molecular formula is C14H21NS. The van der Waals surface area contributed by atoms with Crippen LogP contribution in [0.5, 0.6) is 0 Å². The number of hydrogen-bond acceptors (Lipinski definition) is 2. The molecule has 88 valence electrons. The van der Waals surface area contributed by atoms with Gasteiger partial charge in [-0.2, -0.15) is 0 Å². The van der Waals surface area contributed by atoms with Crippen molar-refractivity contribution < 1.29 is 0 Å². The summed E-state index contributed by atoms with van der Waals surface area (Å²) >= 11 is 1.87. The lowest BCUT2D eigenvalue weighted by Gasteiger charge is -2.29. The number of thioether (sulfide) groups is 1. The van der Waals surface area contributed by atoms with E-state index in [4.69, 9.17) is 0 Å². The maximum absolute atomic E-state index is 3.44. The fourth-order valence-electron chi connectivity index (χ4n) is 2.64. The molecule has 1 atom stereocenters. The first-order chi connectivity index (χ1) is 7.83. The fourth-order valence-corrected chi connectivity index (χ4v) is 3.35. The molecule has 1 nitrogen and oxygen atoms in total. The van der Waals surface area contributed by atoms with E-state index in [-0.39, 0.29) is 0 Å². The summed E-state index contributed by atoms with van der Waals surface area (Å²) in [5.74, 6) is 1.56. The Hall–Kier alpha value is -0.470. The number of nitrogens with one attached hydrogen (secondary N) is 1. The second-order valence-electron chi connectivity index (χ2n) is 4.62. The Morgan fingerprint density at radius 1 is 1.25 bits per heavy atom. The molecule has 1 aromatic rings. The van der Waals surface area contributed by atoms with Crippen LogP contribution in [0.3, 0.4) is 0 Å². The van der Waals surface area contributed by atoms with Crippen molar-refractivity contribution in [1.29, 1.82) is 0 Å². The predicted molar refractivity (Wildman–Crippen MR) is 72.2 cm³/mol. The van der Waals surface area contributed by atoms with Crippen LogP contribution >= 0.6 is 11.8 Å². The zero-order valence-electron chi connectivity index (χ0n) is 10.2. The van der Waals surface area contributed by atoms with Gasteiger partial charge in [-0.25, -0.2) is 0 Å². The molecule has 1 heterocycles. The zero-order chi connectivity index (χ0) is 11.4. The van der Waals surface area contributed by atoms with Crippen LogP contribution in [0.4, 0.5) is 0 Å². The standard InChI is InChI=1S/C14H21NS/c1-11(12-7-9-15-10-8-12)13-5-3-4-6-14(13)16-2/h3-6,11-12,15H,7-10H2,1-2H3. The van der Waals surface area contributed by atoms with Crippen molar-refractivity contribution in [3.63, 3.8) is 0 Å². The van der Waals surface area contributed by atoms with E-state index in [1.165, 1.54) is 30.8 Å². The predicted octanol–water partition coefficient (Wildman–Crippen LogP) is 3.51. The molecule has 1 unspecified atom stereocenters. The molecule has 0 aromatic heterocycles. The Balaban J connectivity index is 2.15. The van der Waals surface area contributed by atoms with Crippen molar-refractivity contribution in [3.05, 3.63) is 29.8 Å². The van der Waals surface area contributed by atoms with Gasteiger partial charge in [-0.1, -0.05) is 25.1 Å². The largest absolute Gasteiger partial charge is 0.317 e. The van der Waals surface area contributed by atoms with Crippen molar-refractivity contribution in [1.82, 2.24) is 5.32 Å². The lowest BCUT2D eigenvalue weighted by atomic mass is 9.82. The smallest absolute Gasteiger partial charge is 0.0104 e. The summed E-state index contributed by atoms with van der Waals surface area (Å²) in [6.07, 6.45) is 4.82. The van der Waals surface area contributed by atoms with Gasteiger partial charge in [0.25, 0.3) is 0 Å². The molecule has 0 saturated carbocycles. The molecule has 0 bridgehead atoms. The first-order valence-electron chi connectivity index (χ1n) is 6.16. The number of rotatable bonds is 3. The minimum atomic E-state index is 0.700. The van der Waals surface area contributed by atoms with E-state index < -0.39 is 0 Å². The second-order valence-corrected chi connectivity index (χ2v) is 5.47. The van der Waals surface area contributed by atoms with Gasteiger partial charge in [0.2, 0.25) is 0 Å². The van der Waals surface area contributed by atoms with Crippen molar-refractivity contribution in [2.24, 2.45) is 5.92 Å². The number of piperidine rings is 1. The van der Waals surface area contributed by atoms with Gasteiger partial charge in [0.15, 0.2) is 0 Å². The van der Waals surface area contributed by atoms with Crippen molar-refractivity contribution in [2.45, 2.75) is 30.6 Å². The van der Waals surface area contributed by atoms with Gasteiger partial charge >= 0.3 is 0 Å². The minimum Gasteiger partial charge on any atom is -0.317 e. The molecular weight excluding hydrogens is 214 g/mol. The van der Waals surface area contributed by atoms with Gasteiger partial charge in [0.1, 0.15) is 0 Å². The Kier molecular flexibility index (Phi) is 4.30. The van der Waals surface area contributed by atoms with Gasteiger partial charge < -0.3 is 5.32 Å². The van der Waals surface area contributed by atoms with Gasteiger partial charge in [-0.05, 0) is 55.7 Å². The van der Waals surface area contributed by atoms with E-state index in [1.54, 1.807) is 5.56 Å². The first kappa shape index (κ1) is 12.0. The van der Waals surface area contributed by atoms with Gasteiger partial charge in [-0.3, -0.25) is 0 Å². The van der Waals surface area contributed by atoms with Crippen LogP contribution in [-0.4, -0.2) is 19.3 Å². The number of hydrogen-bond donors (Lipinski definition) is 1. The average Bonchev–Trinajstić information content (AvgIpc) is 2.39. The SMILES string of the molecule is CSc1ccccc1C(C)C1CCNCC1. The molecule has 0 amide bonds. The topological polar surface area (TPSA) is 12.0 Å². The third kappa shape index (κ3) is 2.61. The van der Waals surface area contributed by atoms with Crippen molar-refractivity contribution >= 4 is 11.8 Å². The molecule has 1 saturated heterocycles. The number of benzene rings is 1. The molecule has 0 radical (unpaired) electrons. The quantitative estimate of drug-likeness (QED) is 0.805. The zero-order valence-corrected chi connectivity index (χ0v) is 11.0. The maximum Gasteiger partial charge on any atom is 0.0104 e. The highest BCUT2D eigenvalue weighted by Crippen LogP contribution is 2.35. The molecule has 1 fully saturated rings. The Labute approximate surface area is 103 Å². The summed E-state index contributed by atoms with van der Waals surface area (Å²) in [5, 5.41) is 3.44. The summed E-state index contributed by atoms with van der Waals surface area (Å²) in [6.45, 7) is 4.78. The van der Waals surface area contributed by atoms with E-state index in [2.05, 4.69) is 42.8 Å². The van der Waals surface area contributed by atoms with Crippen LogP contribution < -0.4 is 5.32 Å². The molecule has 1 aliphatic heterocycles. The molecule has 2 rings (SSSR count). The summed E-state index contributed by atoms with van der Waals surface area (Å²) in [5.41, 5.74) is 1.54. The summed E-state index contributed by atoms with van der Waals surface area (Å²) in [4.78, 5) is 1.45. The highest BCUT2D eigenvalue weighted by molar-refractivity contribution is 7.98. The van der Waals surface area contributed by atoms with E-state index in [0.717, 1.165) is 5.92 Å². The Bertz CT molecular complexity index is 331.